The summed E-state index contributed by atoms with van der Waals surface area (Å²) in [6.45, 7) is 1.80. The lowest BCUT2D eigenvalue weighted by atomic mass is 9.96. The largest absolute Gasteiger partial charge is 0.348 e. The number of carbonyl (C=O) groups excluding carboxylic acids is 3. The third-order valence-corrected chi connectivity index (χ3v) is 11.2. The number of piperidine rings is 1. The van der Waals surface area contributed by atoms with Crippen LogP contribution in [-0.2, 0) is 26.0 Å². The summed E-state index contributed by atoms with van der Waals surface area (Å²) < 4.78 is 28.0. The normalized spacial score (nSPS) is 15.7. The summed E-state index contributed by atoms with van der Waals surface area (Å²) in [5.41, 5.74) is 2.33. The second-order valence-electron chi connectivity index (χ2n) is 9.92. The molecule has 3 amide bonds. The molecule has 0 unspecified atom stereocenters. The van der Waals surface area contributed by atoms with Crippen molar-refractivity contribution in [3.05, 3.63) is 65.2 Å². The van der Waals surface area contributed by atoms with E-state index in [-0.39, 0.29) is 16.0 Å². The van der Waals surface area contributed by atoms with E-state index >= 15 is 0 Å². The zero-order valence-electron chi connectivity index (χ0n) is 22.5. The zero-order chi connectivity index (χ0) is 29.0. The molecular weight excluding hydrogens is 583 g/mol. The number of hydrogen-bond acceptors (Lipinski definition) is 8. The molecule has 10 nitrogen and oxygen atoms in total. The number of carbonyl (C=O) groups is 3. The Kier molecular flexibility index (Phi) is 8.95. The fourth-order valence-corrected chi connectivity index (χ4v) is 8.30. The number of aromatic nitrogens is 1. The summed E-state index contributed by atoms with van der Waals surface area (Å²) >= 11 is 2.60. The Morgan fingerprint density at radius 2 is 1.88 bits per heavy atom. The number of aryl methyl sites for hydroxylation is 1. The van der Waals surface area contributed by atoms with Crippen molar-refractivity contribution in [1.82, 2.24) is 15.2 Å². The van der Waals surface area contributed by atoms with Crippen LogP contribution in [0.25, 0.3) is 0 Å². The van der Waals surface area contributed by atoms with Gasteiger partial charge in [0.1, 0.15) is 9.24 Å². The van der Waals surface area contributed by atoms with Crippen LogP contribution in [0.1, 0.15) is 35.2 Å². The van der Waals surface area contributed by atoms with Crippen molar-refractivity contribution in [3.8, 4) is 0 Å². The third-order valence-electron chi connectivity index (χ3n) is 7.31. The number of benzene rings is 1. The van der Waals surface area contributed by atoms with Crippen LogP contribution in [0.2, 0.25) is 0 Å². The van der Waals surface area contributed by atoms with Crippen molar-refractivity contribution < 1.29 is 22.8 Å². The van der Waals surface area contributed by atoms with Gasteiger partial charge >= 0.3 is 11.8 Å². The number of nitrogens with zero attached hydrogens (tertiary/aromatic N) is 3. The van der Waals surface area contributed by atoms with Gasteiger partial charge in [0, 0.05) is 38.1 Å². The van der Waals surface area contributed by atoms with Gasteiger partial charge in [-0.2, -0.15) is 0 Å². The van der Waals surface area contributed by atoms with Crippen LogP contribution in [0.15, 0.2) is 63.3 Å². The van der Waals surface area contributed by atoms with E-state index in [1.807, 2.05) is 6.26 Å². The van der Waals surface area contributed by atoms with Crippen LogP contribution >= 0.6 is 23.1 Å². The first-order valence-electron chi connectivity index (χ1n) is 13.3. The highest BCUT2D eigenvalue weighted by atomic mass is 32.2. The topological polar surface area (TPSA) is 129 Å². The molecule has 0 radical (unpaired) electrons. The second-order valence-corrected chi connectivity index (χ2v) is 13.7. The van der Waals surface area contributed by atoms with Gasteiger partial charge in [-0.25, -0.2) is 13.4 Å². The Balaban J connectivity index is 1.14. The number of pyridine rings is 1. The lowest BCUT2D eigenvalue weighted by molar-refractivity contribution is -0.136. The van der Waals surface area contributed by atoms with E-state index in [2.05, 4.69) is 15.6 Å². The Morgan fingerprint density at radius 3 is 2.61 bits per heavy atom. The molecular formula is C28H31N5O5S3. The minimum absolute atomic E-state index is 0.0453. The minimum Gasteiger partial charge on any atom is -0.348 e. The highest BCUT2D eigenvalue weighted by Gasteiger charge is 2.31. The Labute approximate surface area is 247 Å². The minimum atomic E-state index is -3.71. The summed E-state index contributed by atoms with van der Waals surface area (Å²) in [7, 11) is -3.71. The lowest BCUT2D eigenvalue weighted by Crippen LogP contribution is -2.43. The first kappa shape index (κ1) is 29.1. The quantitative estimate of drug-likeness (QED) is 0.308. The van der Waals surface area contributed by atoms with Crippen LogP contribution in [-0.4, -0.2) is 68.5 Å². The van der Waals surface area contributed by atoms with E-state index in [0.29, 0.717) is 67.4 Å². The Bertz CT molecular complexity index is 1540. The molecule has 0 aliphatic carbocycles. The van der Waals surface area contributed by atoms with Crippen LogP contribution in [0.3, 0.4) is 0 Å². The van der Waals surface area contributed by atoms with Gasteiger partial charge in [0.05, 0.1) is 11.3 Å². The number of sulfonamides is 1. The molecule has 41 heavy (non-hydrogen) atoms. The van der Waals surface area contributed by atoms with Gasteiger partial charge in [0.25, 0.3) is 15.9 Å². The molecule has 4 heterocycles. The summed E-state index contributed by atoms with van der Waals surface area (Å²) in [4.78, 5) is 44.3. The van der Waals surface area contributed by atoms with Gasteiger partial charge in [0.15, 0.2) is 0 Å². The monoisotopic (exact) mass is 613 g/mol. The van der Waals surface area contributed by atoms with E-state index in [0.717, 1.165) is 23.3 Å². The van der Waals surface area contributed by atoms with Gasteiger partial charge in [-0.05, 0) is 79.1 Å². The number of fused-ring (bicyclic) bond motifs is 1. The summed E-state index contributed by atoms with van der Waals surface area (Å²) in [6.07, 6.45) is 6.41. The lowest BCUT2D eigenvalue weighted by Gasteiger charge is -2.32. The fraction of sp³-hybridized carbons (Fsp3) is 0.357. The molecule has 2 aliphatic rings. The molecule has 5 rings (SSSR count). The number of thiophene rings is 1. The van der Waals surface area contributed by atoms with Crippen molar-refractivity contribution in [2.24, 2.45) is 5.92 Å². The number of likely N-dealkylation sites (tertiary alicyclic amines) is 1. The predicted octanol–water partition coefficient (Wildman–Crippen LogP) is 3.61. The van der Waals surface area contributed by atoms with Crippen molar-refractivity contribution in [1.29, 1.82) is 0 Å². The van der Waals surface area contributed by atoms with Crippen LogP contribution in [0, 0.1) is 5.92 Å². The Hall–Kier alpha value is -3.42. The fourth-order valence-electron chi connectivity index (χ4n) is 5.12. The summed E-state index contributed by atoms with van der Waals surface area (Å²) in [5, 5.41) is 7.74. The molecule has 0 atom stereocenters. The van der Waals surface area contributed by atoms with E-state index < -0.39 is 21.8 Å². The number of nitrogens with one attached hydrogen (secondary N) is 2. The molecule has 1 aromatic carbocycles. The zero-order valence-corrected chi connectivity index (χ0v) is 25.0. The molecule has 2 N–H and O–H groups in total. The molecule has 216 valence electrons. The average Bonchev–Trinajstić information content (AvgIpc) is 3.56. The van der Waals surface area contributed by atoms with E-state index in [1.54, 1.807) is 58.9 Å². The van der Waals surface area contributed by atoms with Gasteiger partial charge in [-0.3, -0.25) is 18.7 Å². The molecule has 2 aliphatic heterocycles. The van der Waals surface area contributed by atoms with E-state index in [9.17, 15) is 22.8 Å². The number of thioether (sulfide) groups is 1. The number of rotatable bonds is 7. The third kappa shape index (κ3) is 6.41. The van der Waals surface area contributed by atoms with Gasteiger partial charge in [0.2, 0.25) is 0 Å². The smallest absolute Gasteiger partial charge is 0.313 e. The average molecular weight is 614 g/mol. The number of anilines is 2. The van der Waals surface area contributed by atoms with E-state index in [4.69, 9.17) is 0 Å². The molecule has 0 saturated carbocycles. The molecule has 2 aromatic heterocycles. The first-order chi connectivity index (χ1) is 19.8. The van der Waals surface area contributed by atoms with Crippen LogP contribution < -0.4 is 14.9 Å². The van der Waals surface area contributed by atoms with E-state index in [1.165, 1.54) is 16.1 Å². The van der Waals surface area contributed by atoms with Gasteiger partial charge in [-0.15, -0.1) is 23.1 Å². The molecule has 13 heteroatoms. The van der Waals surface area contributed by atoms with Gasteiger partial charge in [-0.1, -0.05) is 12.1 Å². The molecule has 0 spiro atoms. The molecule has 0 bridgehead atoms. The summed E-state index contributed by atoms with van der Waals surface area (Å²) in [5.74, 6) is -1.48. The SMILES string of the molecule is CSc1ncccc1C(=O)N1CCC(CNC(=O)C(=O)Nc2ccc3c(c2)N(S(=O)(=O)c2cccs2)CCC3)CC1. The standard InChI is InChI=1S/C28H31N5O5S3/c1-39-27-22(6-2-12-29-27)28(36)32-14-10-19(11-15-32)18-30-25(34)26(35)31-21-9-8-20-5-3-13-33(23(20)17-21)41(37,38)24-7-4-16-40-24/h2,4,6-9,12,16-17,19H,3,5,10-11,13-15,18H2,1H3,(H,30,34)(H,31,35). The highest BCUT2D eigenvalue weighted by molar-refractivity contribution is 7.98. The molecule has 3 aromatic rings. The molecule has 1 saturated heterocycles. The molecule has 1 fully saturated rings. The first-order valence-corrected chi connectivity index (χ1v) is 16.9. The van der Waals surface area contributed by atoms with Gasteiger partial charge < -0.3 is 15.5 Å². The maximum atomic E-state index is 13.2. The highest BCUT2D eigenvalue weighted by Crippen LogP contribution is 2.35. The van der Waals surface area contributed by atoms with Crippen molar-refractivity contribution in [2.45, 2.75) is 34.9 Å². The van der Waals surface area contributed by atoms with Crippen molar-refractivity contribution in [2.75, 3.05) is 42.1 Å². The van der Waals surface area contributed by atoms with Crippen LogP contribution in [0.4, 0.5) is 11.4 Å². The number of hydrogen-bond donors (Lipinski definition) is 2. The number of amides is 3. The summed E-state index contributed by atoms with van der Waals surface area (Å²) in [6, 6.07) is 11.9. The van der Waals surface area contributed by atoms with Crippen molar-refractivity contribution in [3.63, 3.8) is 0 Å². The maximum Gasteiger partial charge on any atom is 0.313 e. The maximum absolute atomic E-state index is 13.2. The Morgan fingerprint density at radius 1 is 1.07 bits per heavy atom. The second kappa shape index (κ2) is 12.6. The van der Waals surface area contributed by atoms with Crippen LogP contribution in [0.5, 0.6) is 0 Å². The predicted molar refractivity (Wildman–Crippen MR) is 160 cm³/mol. The van der Waals surface area contributed by atoms with Crippen molar-refractivity contribution >= 4 is 62.2 Å².